The summed E-state index contributed by atoms with van der Waals surface area (Å²) in [5, 5.41) is 0. The number of imidazole rings is 1. The lowest BCUT2D eigenvalue weighted by Crippen LogP contribution is -2.08. The predicted octanol–water partition coefficient (Wildman–Crippen LogP) is 4.66. The summed E-state index contributed by atoms with van der Waals surface area (Å²) in [6.07, 6.45) is -2.61. The minimum atomic E-state index is -4.32. The second-order valence-corrected chi connectivity index (χ2v) is 5.48. The topological polar surface area (TPSA) is 17.8 Å². The number of fused-ring (bicyclic) bond motifs is 1. The Morgan fingerprint density at radius 3 is 2.50 bits per heavy atom. The van der Waals surface area contributed by atoms with Gasteiger partial charge in [0.25, 0.3) is 0 Å². The van der Waals surface area contributed by atoms with Gasteiger partial charge in [-0.05, 0) is 30.5 Å². The molecular formula is C15H19F3N2. The molecule has 0 amide bonds. The lowest BCUT2D eigenvalue weighted by molar-refractivity contribution is -0.137. The van der Waals surface area contributed by atoms with Gasteiger partial charge in [-0.25, -0.2) is 4.98 Å². The van der Waals surface area contributed by atoms with Crippen LogP contribution in [0.2, 0.25) is 0 Å². The van der Waals surface area contributed by atoms with Gasteiger partial charge in [-0.2, -0.15) is 13.2 Å². The molecule has 1 aromatic heterocycles. The molecule has 0 saturated heterocycles. The van der Waals surface area contributed by atoms with Crippen molar-refractivity contribution in [3.8, 4) is 0 Å². The molecule has 0 unspecified atom stereocenters. The van der Waals surface area contributed by atoms with Gasteiger partial charge in [-0.15, -0.1) is 0 Å². The average Bonchev–Trinajstić information content (AvgIpc) is 2.65. The van der Waals surface area contributed by atoms with E-state index in [4.69, 9.17) is 0 Å². The van der Waals surface area contributed by atoms with Crippen molar-refractivity contribution in [2.75, 3.05) is 0 Å². The number of aryl methyl sites for hydroxylation is 1. The number of rotatable bonds is 4. The maximum absolute atomic E-state index is 12.7. The number of nitrogens with zero attached hydrogens (tertiary/aromatic N) is 2. The first-order chi connectivity index (χ1) is 9.32. The zero-order valence-corrected chi connectivity index (χ0v) is 12.0. The van der Waals surface area contributed by atoms with Crippen LogP contribution < -0.4 is 0 Å². The van der Waals surface area contributed by atoms with Gasteiger partial charge >= 0.3 is 6.18 Å². The molecule has 5 heteroatoms. The fourth-order valence-corrected chi connectivity index (χ4v) is 2.34. The first-order valence-corrected chi connectivity index (χ1v) is 6.89. The van der Waals surface area contributed by atoms with E-state index in [2.05, 4.69) is 18.8 Å². The largest absolute Gasteiger partial charge is 0.416 e. The smallest absolute Gasteiger partial charge is 0.328 e. The van der Waals surface area contributed by atoms with E-state index >= 15 is 0 Å². The Hall–Kier alpha value is -1.52. The SMILES string of the molecule is CCCc1nc2cc(C(F)(F)F)ccc2n1CC(C)C. The van der Waals surface area contributed by atoms with Crippen molar-refractivity contribution < 1.29 is 13.2 Å². The number of benzene rings is 1. The maximum Gasteiger partial charge on any atom is 0.416 e. The lowest BCUT2D eigenvalue weighted by atomic mass is 10.2. The van der Waals surface area contributed by atoms with Crippen LogP contribution in [0.1, 0.15) is 38.6 Å². The Morgan fingerprint density at radius 1 is 1.25 bits per heavy atom. The number of halogens is 3. The van der Waals surface area contributed by atoms with Crippen LogP contribution in [0.5, 0.6) is 0 Å². The van der Waals surface area contributed by atoms with Gasteiger partial charge in [-0.1, -0.05) is 20.8 Å². The van der Waals surface area contributed by atoms with E-state index in [-0.39, 0.29) is 0 Å². The van der Waals surface area contributed by atoms with Crippen molar-refractivity contribution >= 4 is 11.0 Å². The summed E-state index contributed by atoms with van der Waals surface area (Å²) in [6.45, 7) is 6.99. The number of hydrogen-bond acceptors (Lipinski definition) is 1. The van der Waals surface area contributed by atoms with Crippen molar-refractivity contribution in [3.63, 3.8) is 0 Å². The fraction of sp³-hybridized carbons (Fsp3) is 0.533. The number of aromatic nitrogens is 2. The molecule has 0 bridgehead atoms. The molecule has 2 nitrogen and oxygen atoms in total. The van der Waals surface area contributed by atoms with E-state index in [0.29, 0.717) is 11.4 Å². The summed E-state index contributed by atoms with van der Waals surface area (Å²) in [5.41, 5.74) is 0.585. The van der Waals surface area contributed by atoms with Crippen LogP contribution in [-0.4, -0.2) is 9.55 Å². The van der Waals surface area contributed by atoms with Crippen molar-refractivity contribution in [3.05, 3.63) is 29.6 Å². The molecule has 0 spiro atoms. The minimum absolute atomic E-state index is 0.422. The Kier molecular flexibility index (Phi) is 4.06. The summed E-state index contributed by atoms with van der Waals surface area (Å²) in [6, 6.07) is 3.81. The molecule has 0 N–H and O–H groups in total. The van der Waals surface area contributed by atoms with Gasteiger partial charge in [0.1, 0.15) is 5.82 Å². The van der Waals surface area contributed by atoms with Crippen LogP contribution in [-0.2, 0) is 19.1 Å². The summed E-state index contributed by atoms with van der Waals surface area (Å²) < 4.78 is 40.3. The van der Waals surface area contributed by atoms with Crippen LogP contribution in [0.25, 0.3) is 11.0 Å². The highest BCUT2D eigenvalue weighted by Gasteiger charge is 2.31. The average molecular weight is 284 g/mol. The van der Waals surface area contributed by atoms with Crippen LogP contribution in [0.4, 0.5) is 13.2 Å². The van der Waals surface area contributed by atoms with E-state index in [1.165, 1.54) is 6.07 Å². The third kappa shape index (κ3) is 2.97. The van der Waals surface area contributed by atoms with Gasteiger partial charge in [0.15, 0.2) is 0 Å². The van der Waals surface area contributed by atoms with Crippen molar-refractivity contribution in [2.24, 2.45) is 5.92 Å². The molecule has 0 radical (unpaired) electrons. The van der Waals surface area contributed by atoms with Gasteiger partial charge in [0, 0.05) is 13.0 Å². The molecule has 0 aliphatic carbocycles. The monoisotopic (exact) mass is 284 g/mol. The minimum Gasteiger partial charge on any atom is -0.328 e. The lowest BCUT2D eigenvalue weighted by Gasteiger charge is -2.11. The zero-order valence-electron chi connectivity index (χ0n) is 12.0. The molecule has 0 aliphatic rings. The molecule has 0 saturated carbocycles. The Morgan fingerprint density at radius 2 is 1.95 bits per heavy atom. The van der Waals surface area contributed by atoms with E-state index in [9.17, 15) is 13.2 Å². The molecule has 2 aromatic rings. The first kappa shape index (κ1) is 14.9. The maximum atomic E-state index is 12.7. The van der Waals surface area contributed by atoms with Crippen molar-refractivity contribution in [1.29, 1.82) is 0 Å². The second-order valence-electron chi connectivity index (χ2n) is 5.48. The fourth-order valence-electron chi connectivity index (χ4n) is 2.34. The normalized spacial score (nSPS) is 12.6. The third-order valence-electron chi connectivity index (χ3n) is 3.18. The highest BCUT2D eigenvalue weighted by atomic mass is 19.4. The zero-order chi connectivity index (χ0) is 14.9. The molecule has 1 aromatic carbocycles. The van der Waals surface area contributed by atoms with E-state index < -0.39 is 11.7 Å². The molecule has 0 fully saturated rings. The summed E-state index contributed by atoms with van der Waals surface area (Å²) in [4.78, 5) is 4.39. The number of alkyl halides is 3. The van der Waals surface area contributed by atoms with Crippen LogP contribution in [0.3, 0.4) is 0 Å². The van der Waals surface area contributed by atoms with Gasteiger partial charge in [0.2, 0.25) is 0 Å². The van der Waals surface area contributed by atoms with Crippen LogP contribution in [0, 0.1) is 5.92 Å². The standard InChI is InChI=1S/C15H19F3N2/c1-4-5-14-19-12-8-11(15(16,17)18)6-7-13(12)20(14)9-10(2)3/h6-8,10H,4-5,9H2,1-3H3. The molecule has 0 atom stereocenters. The molecule has 1 heterocycles. The van der Waals surface area contributed by atoms with E-state index in [1.54, 1.807) is 0 Å². The van der Waals surface area contributed by atoms with Crippen molar-refractivity contribution in [1.82, 2.24) is 9.55 Å². The Balaban J connectivity index is 2.55. The molecular weight excluding hydrogens is 265 g/mol. The van der Waals surface area contributed by atoms with Gasteiger partial charge in [0.05, 0.1) is 16.6 Å². The summed E-state index contributed by atoms with van der Waals surface area (Å²) in [5.74, 6) is 1.29. The first-order valence-electron chi connectivity index (χ1n) is 6.89. The van der Waals surface area contributed by atoms with Crippen molar-refractivity contribution in [2.45, 2.75) is 46.3 Å². The molecule has 110 valence electrons. The third-order valence-corrected chi connectivity index (χ3v) is 3.18. The predicted molar refractivity (Wildman–Crippen MR) is 73.6 cm³/mol. The second kappa shape index (κ2) is 5.46. The van der Waals surface area contributed by atoms with Crippen LogP contribution >= 0.6 is 0 Å². The van der Waals surface area contributed by atoms with Crippen LogP contribution in [0.15, 0.2) is 18.2 Å². The molecule has 2 rings (SSSR count). The number of hydrogen-bond donors (Lipinski definition) is 0. The Bertz CT molecular complexity index is 597. The quantitative estimate of drug-likeness (QED) is 0.798. The summed E-state index contributed by atoms with van der Waals surface area (Å²) >= 11 is 0. The summed E-state index contributed by atoms with van der Waals surface area (Å²) in [7, 11) is 0. The van der Waals surface area contributed by atoms with Gasteiger partial charge in [-0.3, -0.25) is 0 Å². The highest BCUT2D eigenvalue weighted by molar-refractivity contribution is 5.77. The molecule has 0 aliphatic heterocycles. The van der Waals surface area contributed by atoms with E-state index in [0.717, 1.165) is 42.9 Å². The Labute approximate surface area is 116 Å². The highest BCUT2D eigenvalue weighted by Crippen LogP contribution is 2.31. The molecule has 20 heavy (non-hydrogen) atoms. The van der Waals surface area contributed by atoms with Gasteiger partial charge < -0.3 is 4.57 Å². The van der Waals surface area contributed by atoms with E-state index in [1.807, 2.05) is 11.5 Å².